The molecule has 0 spiro atoms. The number of rotatable bonds is 8. The summed E-state index contributed by atoms with van der Waals surface area (Å²) in [5.74, 6) is 0.590. The number of fused-ring (bicyclic) bond motifs is 1. The average molecular weight is 393 g/mol. The molecule has 29 heavy (non-hydrogen) atoms. The Hall–Kier alpha value is -2.43. The van der Waals surface area contributed by atoms with E-state index in [0.717, 1.165) is 30.9 Å². The van der Waals surface area contributed by atoms with Crippen molar-refractivity contribution in [3.63, 3.8) is 0 Å². The lowest BCUT2D eigenvalue weighted by Crippen LogP contribution is -2.37. The third-order valence-electron chi connectivity index (χ3n) is 5.93. The fraction of sp³-hybridized carbons (Fsp3) is 0.360. The maximum Gasteiger partial charge on any atom is 0.129 e. The quantitative estimate of drug-likeness (QED) is 0.575. The summed E-state index contributed by atoms with van der Waals surface area (Å²) in [6, 6.07) is 19.8. The summed E-state index contributed by atoms with van der Waals surface area (Å²) in [5, 5.41) is 6.03. The minimum atomic E-state index is -0.228. The fourth-order valence-electron chi connectivity index (χ4n) is 4.31. The summed E-state index contributed by atoms with van der Waals surface area (Å²) in [6.07, 6.45) is 2.54. The van der Waals surface area contributed by atoms with E-state index in [0.29, 0.717) is 11.6 Å². The second-order valence-corrected chi connectivity index (χ2v) is 7.70. The molecule has 152 valence electrons. The molecule has 1 saturated heterocycles. The molecule has 0 unspecified atom stereocenters. The lowest BCUT2D eigenvalue weighted by Gasteiger charge is -2.23. The minimum absolute atomic E-state index is 0.226. The third kappa shape index (κ3) is 4.60. The van der Waals surface area contributed by atoms with Gasteiger partial charge in [0.15, 0.2) is 0 Å². The summed E-state index contributed by atoms with van der Waals surface area (Å²) in [7, 11) is 0. The summed E-state index contributed by atoms with van der Waals surface area (Å²) in [5.41, 5.74) is 1.71. The van der Waals surface area contributed by atoms with Crippen LogP contribution in [-0.2, 0) is 13.2 Å². The molecular weight excluding hydrogens is 363 g/mol. The van der Waals surface area contributed by atoms with Gasteiger partial charge in [-0.1, -0.05) is 55.5 Å². The number of nitrogens with zero attached hydrogens (tertiary/aromatic N) is 1. The van der Waals surface area contributed by atoms with E-state index in [1.54, 1.807) is 12.1 Å². The van der Waals surface area contributed by atoms with Crippen molar-refractivity contribution in [1.29, 1.82) is 0 Å². The predicted octanol–water partition coefficient (Wildman–Crippen LogP) is 5.13. The van der Waals surface area contributed by atoms with Gasteiger partial charge in [-0.25, -0.2) is 4.39 Å². The lowest BCUT2D eigenvalue weighted by molar-refractivity contribution is 0.259. The SMILES string of the molecule is CCN1CCC[C@@H]1CNCc1c(OCc2ccccc2F)ccc2ccccc12. The van der Waals surface area contributed by atoms with E-state index in [9.17, 15) is 4.39 Å². The Morgan fingerprint density at radius 2 is 1.90 bits per heavy atom. The van der Waals surface area contributed by atoms with Gasteiger partial charge in [0.2, 0.25) is 0 Å². The van der Waals surface area contributed by atoms with Crippen LogP contribution in [0.4, 0.5) is 4.39 Å². The number of likely N-dealkylation sites (tertiary alicyclic amines) is 1. The molecule has 4 heteroatoms. The highest BCUT2D eigenvalue weighted by atomic mass is 19.1. The van der Waals surface area contributed by atoms with Gasteiger partial charge in [-0.2, -0.15) is 0 Å². The number of hydrogen-bond donors (Lipinski definition) is 1. The monoisotopic (exact) mass is 392 g/mol. The van der Waals surface area contributed by atoms with Crippen LogP contribution in [-0.4, -0.2) is 30.6 Å². The van der Waals surface area contributed by atoms with E-state index in [2.05, 4.69) is 47.5 Å². The van der Waals surface area contributed by atoms with Crippen molar-refractivity contribution in [2.45, 2.75) is 39.0 Å². The normalized spacial score (nSPS) is 17.1. The van der Waals surface area contributed by atoms with E-state index < -0.39 is 0 Å². The zero-order chi connectivity index (χ0) is 20.1. The standard InChI is InChI=1S/C25H29FN2O/c1-2-28-15-7-10-21(28)16-27-17-23-22-11-5-3-8-19(22)13-14-25(23)29-18-20-9-4-6-12-24(20)26/h3-6,8-9,11-14,21,27H,2,7,10,15-18H2,1H3/t21-/m1/s1. The molecule has 1 heterocycles. The number of benzene rings is 3. The van der Waals surface area contributed by atoms with Crippen molar-refractivity contribution in [1.82, 2.24) is 10.2 Å². The summed E-state index contributed by atoms with van der Waals surface area (Å²) < 4.78 is 20.1. The highest BCUT2D eigenvalue weighted by Gasteiger charge is 2.22. The van der Waals surface area contributed by atoms with Gasteiger partial charge in [0.25, 0.3) is 0 Å². The van der Waals surface area contributed by atoms with Crippen molar-refractivity contribution in [3.8, 4) is 5.75 Å². The summed E-state index contributed by atoms with van der Waals surface area (Å²) in [6.45, 7) is 6.49. The van der Waals surface area contributed by atoms with Gasteiger partial charge in [0.1, 0.15) is 18.2 Å². The van der Waals surface area contributed by atoms with Crippen LogP contribution < -0.4 is 10.1 Å². The molecule has 1 aliphatic heterocycles. The Morgan fingerprint density at radius 1 is 1.07 bits per heavy atom. The van der Waals surface area contributed by atoms with Gasteiger partial charge in [-0.05, 0) is 48.8 Å². The molecule has 0 aromatic heterocycles. The van der Waals surface area contributed by atoms with Crippen molar-refractivity contribution in [2.24, 2.45) is 0 Å². The number of hydrogen-bond acceptors (Lipinski definition) is 3. The summed E-state index contributed by atoms with van der Waals surface area (Å²) >= 11 is 0. The van der Waals surface area contributed by atoms with Crippen LogP contribution in [0.3, 0.4) is 0 Å². The van der Waals surface area contributed by atoms with E-state index >= 15 is 0 Å². The number of ether oxygens (including phenoxy) is 1. The van der Waals surface area contributed by atoms with Gasteiger partial charge in [0, 0.05) is 30.3 Å². The molecule has 0 saturated carbocycles. The van der Waals surface area contributed by atoms with Crippen LogP contribution in [0.15, 0.2) is 60.7 Å². The molecule has 3 nitrogen and oxygen atoms in total. The van der Waals surface area contributed by atoms with Crippen LogP contribution in [0.2, 0.25) is 0 Å². The van der Waals surface area contributed by atoms with E-state index in [1.807, 2.05) is 12.1 Å². The number of nitrogens with one attached hydrogen (secondary N) is 1. The molecule has 3 aromatic rings. The highest BCUT2D eigenvalue weighted by molar-refractivity contribution is 5.87. The minimum Gasteiger partial charge on any atom is -0.488 e. The first kappa shape index (κ1) is 19.9. The Morgan fingerprint density at radius 3 is 2.76 bits per heavy atom. The second kappa shape index (κ2) is 9.38. The van der Waals surface area contributed by atoms with Crippen molar-refractivity contribution in [2.75, 3.05) is 19.6 Å². The highest BCUT2D eigenvalue weighted by Crippen LogP contribution is 2.29. The molecule has 3 aromatic carbocycles. The molecule has 0 aliphatic carbocycles. The van der Waals surface area contributed by atoms with Gasteiger partial charge >= 0.3 is 0 Å². The van der Waals surface area contributed by atoms with E-state index in [1.165, 1.54) is 36.2 Å². The van der Waals surface area contributed by atoms with Crippen molar-refractivity contribution >= 4 is 10.8 Å². The fourth-order valence-corrected chi connectivity index (χ4v) is 4.31. The Labute approximate surface area is 172 Å². The molecule has 1 aliphatic rings. The van der Waals surface area contributed by atoms with E-state index in [4.69, 9.17) is 4.74 Å². The first-order chi connectivity index (χ1) is 14.3. The van der Waals surface area contributed by atoms with Crippen LogP contribution in [0.25, 0.3) is 10.8 Å². The van der Waals surface area contributed by atoms with Crippen molar-refractivity contribution in [3.05, 3.63) is 77.6 Å². The molecule has 1 fully saturated rings. The molecular formula is C25H29FN2O. The maximum absolute atomic E-state index is 14.0. The van der Waals surface area contributed by atoms with Gasteiger partial charge in [-0.3, -0.25) is 4.90 Å². The van der Waals surface area contributed by atoms with Crippen LogP contribution >= 0.6 is 0 Å². The van der Waals surface area contributed by atoms with Crippen LogP contribution in [0.5, 0.6) is 5.75 Å². The first-order valence-electron chi connectivity index (χ1n) is 10.6. The van der Waals surface area contributed by atoms with Crippen LogP contribution in [0, 0.1) is 5.82 Å². The number of halogens is 1. The van der Waals surface area contributed by atoms with Gasteiger partial charge in [0.05, 0.1) is 0 Å². The Balaban J connectivity index is 1.52. The van der Waals surface area contributed by atoms with Crippen LogP contribution in [0.1, 0.15) is 30.9 Å². The maximum atomic E-state index is 14.0. The molecule has 0 amide bonds. The average Bonchev–Trinajstić information content (AvgIpc) is 3.21. The van der Waals surface area contributed by atoms with E-state index in [-0.39, 0.29) is 12.4 Å². The number of likely N-dealkylation sites (N-methyl/N-ethyl adjacent to an activating group) is 1. The first-order valence-corrected chi connectivity index (χ1v) is 10.6. The smallest absolute Gasteiger partial charge is 0.129 e. The molecule has 0 bridgehead atoms. The molecule has 0 radical (unpaired) electrons. The molecule has 1 atom stereocenters. The lowest BCUT2D eigenvalue weighted by atomic mass is 10.0. The third-order valence-corrected chi connectivity index (χ3v) is 5.93. The largest absolute Gasteiger partial charge is 0.488 e. The van der Waals surface area contributed by atoms with Gasteiger partial charge < -0.3 is 10.1 Å². The Bertz CT molecular complexity index is 958. The predicted molar refractivity (Wildman–Crippen MR) is 117 cm³/mol. The molecule has 4 rings (SSSR count). The Kier molecular flexibility index (Phi) is 6.43. The van der Waals surface area contributed by atoms with Gasteiger partial charge in [-0.15, -0.1) is 0 Å². The second-order valence-electron chi connectivity index (χ2n) is 7.70. The zero-order valence-electron chi connectivity index (χ0n) is 17.0. The topological polar surface area (TPSA) is 24.5 Å². The van der Waals surface area contributed by atoms with Crippen molar-refractivity contribution < 1.29 is 9.13 Å². The molecule has 1 N–H and O–H groups in total. The zero-order valence-corrected chi connectivity index (χ0v) is 17.0. The summed E-state index contributed by atoms with van der Waals surface area (Å²) in [4.78, 5) is 2.55.